The van der Waals surface area contributed by atoms with E-state index >= 15 is 0 Å². The van der Waals surface area contributed by atoms with E-state index in [2.05, 4.69) is 5.32 Å². The largest absolute Gasteiger partial charge is 0.481 e. The number of non-ortho nitro benzene ring substituents is 2. The van der Waals surface area contributed by atoms with Crippen LogP contribution in [-0.4, -0.2) is 28.3 Å². The summed E-state index contributed by atoms with van der Waals surface area (Å²) in [7, 11) is 0. The second kappa shape index (κ2) is 8.75. The molecule has 0 spiro atoms. The fourth-order valence-electron chi connectivity index (χ4n) is 3.36. The number of nitro benzene ring substituents is 2. The Hall–Kier alpha value is -4.80. The Morgan fingerprint density at radius 2 is 1.64 bits per heavy atom. The van der Waals surface area contributed by atoms with Gasteiger partial charge in [0.15, 0.2) is 6.61 Å². The first-order valence-corrected chi connectivity index (χ1v) is 9.68. The van der Waals surface area contributed by atoms with Crippen molar-refractivity contribution >= 4 is 34.6 Å². The van der Waals surface area contributed by atoms with Crippen molar-refractivity contribution in [3.05, 3.63) is 98.1 Å². The van der Waals surface area contributed by atoms with Crippen LogP contribution in [0.4, 0.5) is 22.7 Å². The van der Waals surface area contributed by atoms with E-state index in [1.807, 2.05) is 30.3 Å². The third-order valence-electron chi connectivity index (χ3n) is 4.93. The van der Waals surface area contributed by atoms with E-state index in [1.165, 1.54) is 6.07 Å². The molecule has 11 nitrogen and oxygen atoms in total. The molecule has 166 valence electrons. The van der Waals surface area contributed by atoms with Crippen molar-refractivity contribution in [1.82, 2.24) is 0 Å². The maximum atomic E-state index is 12.6. The molecule has 0 fully saturated rings. The van der Waals surface area contributed by atoms with Gasteiger partial charge in [-0.3, -0.25) is 29.8 Å². The van der Waals surface area contributed by atoms with Gasteiger partial charge in [-0.25, -0.2) is 0 Å². The SMILES string of the molecule is O=C(Nc1ccc2c(c1)OCC(=O)N2Cc1ccccc1)c1cc([N+](=O)[O-])cc([N+](=O)[O-])c1. The van der Waals surface area contributed by atoms with Crippen molar-refractivity contribution in [3.8, 4) is 5.75 Å². The maximum absolute atomic E-state index is 12.6. The second-order valence-electron chi connectivity index (χ2n) is 7.14. The highest BCUT2D eigenvalue weighted by Gasteiger charge is 2.26. The predicted octanol–water partition coefficient (Wildman–Crippen LogP) is 3.68. The summed E-state index contributed by atoms with van der Waals surface area (Å²) in [5.41, 5.74) is 0.371. The molecule has 0 bridgehead atoms. The quantitative estimate of drug-likeness (QED) is 0.447. The van der Waals surface area contributed by atoms with Gasteiger partial charge in [-0.05, 0) is 17.7 Å². The van der Waals surface area contributed by atoms with E-state index in [9.17, 15) is 29.8 Å². The van der Waals surface area contributed by atoms with E-state index in [-0.39, 0.29) is 18.1 Å². The van der Waals surface area contributed by atoms with Crippen LogP contribution in [0.25, 0.3) is 0 Å². The molecular formula is C22H16N4O7. The molecule has 1 N–H and O–H groups in total. The molecule has 4 rings (SSSR count). The van der Waals surface area contributed by atoms with E-state index < -0.39 is 27.1 Å². The van der Waals surface area contributed by atoms with Crippen molar-refractivity contribution in [2.24, 2.45) is 0 Å². The number of nitro groups is 2. The van der Waals surface area contributed by atoms with Crippen molar-refractivity contribution in [2.75, 3.05) is 16.8 Å². The summed E-state index contributed by atoms with van der Waals surface area (Å²) in [5.74, 6) is -0.616. The lowest BCUT2D eigenvalue weighted by atomic mass is 10.1. The summed E-state index contributed by atoms with van der Waals surface area (Å²) in [5, 5.41) is 24.7. The van der Waals surface area contributed by atoms with Gasteiger partial charge in [-0.15, -0.1) is 0 Å². The van der Waals surface area contributed by atoms with Crippen LogP contribution in [0.15, 0.2) is 66.7 Å². The van der Waals surface area contributed by atoms with Crippen LogP contribution in [0.5, 0.6) is 5.75 Å². The van der Waals surface area contributed by atoms with Gasteiger partial charge in [-0.2, -0.15) is 0 Å². The van der Waals surface area contributed by atoms with Crippen LogP contribution in [-0.2, 0) is 11.3 Å². The number of hydrogen-bond donors (Lipinski definition) is 1. The zero-order chi connectivity index (χ0) is 23.5. The van der Waals surface area contributed by atoms with Gasteiger partial charge in [-0.1, -0.05) is 30.3 Å². The first-order valence-electron chi connectivity index (χ1n) is 9.68. The van der Waals surface area contributed by atoms with Gasteiger partial charge in [0.2, 0.25) is 0 Å². The van der Waals surface area contributed by atoms with Gasteiger partial charge in [0.1, 0.15) is 5.75 Å². The number of nitrogens with zero attached hydrogens (tertiary/aromatic N) is 3. The Kier molecular flexibility index (Phi) is 5.68. The summed E-state index contributed by atoms with van der Waals surface area (Å²) >= 11 is 0. The third-order valence-corrected chi connectivity index (χ3v) is 4.93. The first kappa shape index (κ1) is 21.4. The molecule has 0 saturated carbocycles. The van der Waals surface area contributed by atoms with Crippen molar-refractivity contribution < 1.29 is 24.2 Å². The Balaban J connectivity index is 1.58. The number of rotatable bonds is 6. The zero-order valence-electron chi connectivity index (χ0n) is 17.0. The van der Waals surface area contributed by atoms with Crippen molar-refractivity contribution in [1.29, 1.82) is 0 Å². The van der Waals surface area contributed by atoms with E-state index in [0.717, 1.165) is 23.8 Å². The molecule has 0 aliphatic carbocycles. The summed E-state index contributed by atoms with van der Waals surface area (Å²) in [6, 6.07) is 16.8. The first-order chi connectivity index (χ1) is 15.8. The topological polar surface area (TPSA) is 145 Å². The van der Waals surface area contributed by atoms with E-state index in [4.69, 9.17) is 4.74 Å². The molecule has 0 radical (unpaired) electrons. The maximum Gasteiger partial charge on any atom is 0.277 e. The highest BCUT2D eigenvalue weighted by atomic mass is 16.6. The minimum absolute atomic E-state index is 0.172. The number of carbonyl (C=O) groups excluding carboxylic acids is 2. The smallest absolute Gasteiger partial charge is 0.277 e. The third kappa shape index (κ3) is 4.61. The highest BCUT2D eigenvalue weighted by molar-refractivity contribution is 6.06. The van der Waals surface area contributed by atoms with Crippen LogP contribution in [0.3, 0.4) is 0 Å². The summed E-state index contributed by atoms with van der Waals surface area (Å²) in [6.45, 7) is 0.174. The Morgan fingerprint density at radius 1 is 0.970 bits per heavy atom. The molecule has 3 aromatic carbocycles. The standard InChI is InChI=1S/C22H16N4O7/c27-21-13-33-20-10-16(6-7-19(20)24(21)12-14-4-2-1-3-5-14)23-22(28)15-8-17(25(29)30)11-18(9-15)26(31)32/h1-11H,12-13H2,(H,23,28). The predicted molar refractivity (Wildman–Crippen MR) is 117 cm³/mol. The monoisotopic (exact) mass is 448 g/mol. The number of carbonyl (C=O) groups is 2. The fourth-order valence-corrected chi connectivity index (χ4v) is 3.36. The summed E-state index contributed by atoms with van der Waals surface area (Å²) < 4.78 is 5.51. The molecule has 11 heteroatoms. The number of amides is 2. The number of hydrogen-bond acceptors (Lipinski definition) is 7. The average molecular weight is 448 g/mol. The Morgan fingerprint density at radius 3 is 2.27 bits per heavy atom. The lowest BCUT2D eigenvalue weighted by Crippen LogP contribution is -2.38. The lowest BCUT2D eigenvalue weighted by molar-refractivity contribution is -0.394. The van der Waals surface area contributed by atoms with Gasteiger partial charge in [0, 0.05) is 23.9 Å². The number of anilines is 2. The molecule has 0 unspecified atom stereocenters. The molecule has 2 amide bonds. The molecule has 0 saturated heterocycles. The Labute approximate surface area is 186 Å². The van der Waals surface area contributed by atoms with Crippen LogP contribution in [0.2, 0.25) is 0 Å². The second-order valence-corrected chi connectivity index (χ2v) is 7.14. The van der Waals surface area contributed by atoms with Crippen LogP contribution >= 0.6 is 0 Å². The minimum atomic E-state index is -0.811. The van der Waals surface area contributed by atoms with Crippen molar-refractivity contribution in [3.63, 3.8) is 0 Å². The molecule has 1 aliphatic heterocycles. The molecule has 1 heterocycles. The summed E-state index contributed by atoms with van der Waals surface area (Å²) in [4.78, 5) is 47.1. The minimum Gasteiger partial charge on any atom is -0.481 e. The van der Waals surface area contributed by atoms with Crippen LogP contribution < -0.4 is 15.0 Å². The normalized spacial score (nSPS) is 12.5. The van der Waals surface area contributed by atoms with Crippen LogP contribution in [0.1, 0.15) is 15.9 Å². The molecule has 0 aromatic heterocycles. The van der Waals surface area contributed by atoms with Crippen molar-refractivity contribution in [2.45, 2.75) is 6.54 Å². The molecule has 0 atom stereocenters. The number of nitrogens with one attached hydrogen (secondary N) is 1. The van der Waals surface area contributed by atoms with E-state index in [0.29, 0.717) is 23.7 Å². The molecular weight excluding hydrogens is 432 g/mol. The lowest BCUT2D eigenvalue weighted by Gasteiger charge is -2.29. The molecule has 1 aliphatic rings. The van der Waals surface area contributed by atoms with Gasteiger partial charge >= 0.3 is 0 Å². The van der Waals surface area contributed by atoms with Gasteiger partial charge in [0.05, 0.1) is 33.7 Å². The number of ether oxygens (including phenoxy) is 1. The zero-order valence-corrected chi connectivity index (χ0v) is 17.0. The Bertz CT molecular complexity index is 1240. The van der Waals surface area contributed by atoms with E-state index in [1.54, 1.807) is 17.0 Å². The van der Waals surface area contributed by atoms with Crippen LogP contribution in [0, 0.1) is 20.2 Å². The fraction of sp³-hybridized carbons (Fsp3) is 0.0909. The van der Waals surface area contributed by atoms with Gasteiger partial charge in [0.25, 0.3) is 23.2 Å². The summed E-state index contributed by atoms with van der Waals surface area (Å²) in [6.07, 6.45) is 0. The number of fused-ring (bicyclic) bond motifs is 1. The highest BCUT2D eigenvalue weighted by Crippen LogP contribution is 2.35. The molecule has 3 aromatic rings. The number of benzene rings is 3. The average Bonchev–Trinajstić information content (AvgIpc) is 2.81. The van der Waals surface area contributed by atoms with Gasteiger partial charge < -0.3 is 15.0 Å². The molecule has 33 heavy (non-hydrogen) atoms.